The summed E-state index contributed by atoms with van der Waals surface area (Å²) in [6.07, 6.45) is 0. The van der Waals surface area contributed by atoms with Gasteiger partial charge in [0.15, 0.2) is 0 Å². The zero-order valence-corrected chi connectivity index (χ0v) is 55.5. The molecule has 0 unspecified atom stereocenters. The lowest BCUT2D eigenvalue weighted by Crippen LogP contribution is -2.61. The van der Waals surface area contributed by atoms with E-state index in [-0.39, 0.29) is 6.71 Å². The van der Waals surface area contributed by atoms with E-state index in [4.69, 9.17) is 4.42 Å². The minimum absolute atomic E-state index is 0.262. The largest absolute Gasteiger partial charge is 0.456 e. The minimum Gasteiger partial charge on any atom is -0.456 e. The molecular formula is C96H61BN4O. The summed E-state index contributed by atoms with van der Waals surface area (Å²) in [7, 11) is 0. The van der Waals surface area contributed by atoms with Gasteiger partial charge < -0.3 is 23.4 Å². The van der Waals surface area contributed by atoms with Crippen LogP contribution in [0.5, 0.6) is 0 Å². The quantitative estimate of drug-likeness (QED) is 0.128. The smallest absolute Gasteiger partial charge is 0.252 e. The average molecular weight is 1300 g/mol. The van der Waals surface area contributed by atoms with Crippen molar-refractivity contribution in [2.75, 3.05) is 9.80 Å². The highest BCUT2D eigenvalue weighted by atomic mass is 16.3. The Labute approximate surface area is 590 Å². The maximum atomic E-state index is 6.64. The van der Waals surface area contributed by atoms with Crippen LogP contribution in [0, 0.1) is 0 Å². The van der Waals surface area contributed by atoms with Gasteiger partial charge in [0.2, 0.25) is 0 Å². The molecule has 0 aliphatic carbocycles. The molecule has 474 valence electrons. The number of aromatic nitrogens is 2. The Bertz CT molecular complexity index is 6410. The molecule has 102 heavy (non-hydrogen) atoms. The highest BCUT2D eigenvalue weighted by molar-refractivity contribution is 7.00. The van der Waals surface area contributed by atoms with Gasteiger partial charge in [-0.05, 0) is 152 Å². The highest BCUT2D eigenvalue weighted by Gasteiger charge is 2.46. The number of anilines is 6. The molecule has 0 fully saturated rings. The van der Waals surface area contributed by atoms with Gasteiger partial charge in [-0.15, -0.1) is 0 Å². The van der Waals surface area contributed by atoms with E-state index < -0.39 is 0 Å². The van der Waals surface area contributed by atoms with Crippen molar-refractivity contribution < 1.29 is 4.42 Å². The summed E-state index contributed by atoms with van der Waals surface area (Å²) in [6, 6.07) is 137. The Kier molecular flexibility index (Phi) is 13.1. The van der Waals surface area contributed by atoms with Crippen LogP contribution in [0.1, 0.15) is 0 Å². The highest BCUT2D eigenvalue weighted by Crippen LogP contribution is 2.55. The van der Waals surface area contributed by atoms with Gasteiger partial charge in [-0.25, -0.2) is 0 Å². The molecule has 21 rings (SSSR count). The van der Waals surface area contributed by atoms with Gasteiger partial charge in [0.25, 0.3) is 6.71 Å². The molecule has 0 N–H and O–H groups in total. The van der Waals surface area contributed by atoms with Crippen molar-refractivity contribution in [3.05, 3.63) is 370 Å². The molecule has 0 saturated carbocycles. The van der Waals surface area contributed by atoms with Crippen molar-refractivity contribution in [2.24, 2.45) is 0 Å². The summed E-state index contributed by atoms with van der Waals surface area (Å²) in [5, 5.41) is 7.01. The molecule has 2 aliphatic heterocycles. The van der Waals surface area contributed by atoms with Crippen molar-refractivity contribution in [1.29, 1.82) is 0 Å². The van der Waals surface area contributed by atoms with E-state index in [1.165, 1.54) is 49.0 Å². The molecule has 0 amide bonds. The molecule has 6 heteroatoms. The Balaban J connectivity index is 0.920. The van der Waals surface area contributed by atoms with E-state index >= 15 is 0 Å². The second-order valence-electron chi connectivity index (χ2n) is 27.0. The SMILES string of the molecule is c1ccc(-c2cccc(-c3ccccc3)c2N2c3cc(-c4ccc5c(c4)c4ccccc4n5-c4ccccc4)ccc3B3c4ccc(-n5c6ccccc6c6ccccc65)cc4N(c4c(-c5ccccc5)cccc4-c4ccccc4)c4cc(-c5ccc6oc7ccccc7c6c5)cc2c43)cc1. The fraction of sp³-hybridized carbons (Fsp3) is 0. The Morgan fingerprint density at radius 3 is 1.13 bits per heavy atom. The summed E-state index contributed by atoms with van der Waals surface area (Å²) in [4.78, 5) is 5.34. The summed E-state index contributed by atoms with van der Waals surface area (Å²) >= 11 is 0. The number of benzene rings is 16. The zero-order valence-electron chi connectivity index (χ0n) is 55.5. The monoisotopic (exact) mass is 1300 g/mol. The number of hydrogen-bond donors (Lipinski definition) is 0. The lowest BCUT2D eigenvalue weighted by atomic mass is 9.33. The standard InChI is InChI=1S/C96H61BN4O/c1-6-26-62(27-7-1)72-40-24-41-73(63-28-8-2-9-29-63)95(72)100-88-58-68(66-49-54-87-80(56-66)78-38-18-22-46-86(78)98(87)70-34-14-5-15-35-70)48-52-82(88)97-83-53-51-71(99-84-44-20-16-36-76(84)77-37-17-21-45-85(77)99)61-89(83)101(96-74(64-30-10-3-11-31-64)42-25-43-75(96)65-32-12-4-13-33-65)91-60-69(59-90(100)94(91)97)67-50-55-93-81(57-67)79-39-19-23-47-92(79)102-93/h1-61H. The number of fused-ring (bicyclic) bond motifs is 13. The van der Waals surface area contributed by atoms with Crippen LogP contribution in [-0.2, 0) is 0 Å². The molecule has 0 bridgehead atoms. The van der Waals surface area contributed by atoms with Gasteiger partial charge in [-0.3, -0.25) is 0 Å². The van der Waals surface area contributed by atoms with Crippen LogP contribution in [0.4, 0.5) is 34.1 Å². The summed E-state index contributed by atoms with van der Waals surface area (Å²) in [5.41, 5.74) is 32.2. The molecule has 0 atom stereocenters. The second-order valence-corrected chi connectivity index (χ2v) is 27.0. The van der Waals surface area contributed by atoms with Crippen LogP contribution in [0.3, 0.4) is 0 Å². The van der Waals surface area contributed by atoms with Crippen molar-refractivity contribution in [3.8, 4) is 78.1 Å². The fourth-order valence-corrected chi connectivity index (χ4v) is 17.0. The van der Waals surface area contributed by atoms with Crippen molar-refractivity contribution in [2.45, 2.75) is 0 Å². The third-order valence-corrected chi connectivity index (χ3v) is 21.5. The molecule has 2 aliphatic rings. The van der Waals surface area contributed by atoms with Gasteiger partial charge in [-0.1, -0.05) is 279 Å². The maximum absolute atomic E-state index is 6.64. The lowest BCUT2D eigenvalue weighted by Gasteiger charge is -2.46. The van der Waals surface area contributed by atoms with E-state index in [2.05, 4.69) is 389 Å². The van der Waals surface area contributed by atoms with Crippen LogP contribution in [0.15, 0.2) is 374 Å². The normalized spacial score (nSPS) is 12.5. The topological polar surface area (TPSA) is 29.5 Å². The van der Waals surface area contributed by atoms with Crippen molar-refractivity contribution in [1.82, 2.24) is 9.13 Å². The van der Waals surface area contributed by atoms with Crippen LogP contribution < -0.4 is 26.2 Å². The third-order valence-electron chi connectivity index (χ3n) is 21.5. The van der Waals surface area contributed by atoms with Crippen LogP contribution in [-0.4, -0.2) is 15.8 Å². The molecule has 19 aromatic rings. The van der Waals surface area contributed by atoms with Crippen LogP contribution in [0.25, 0.3) is 144 Å². The van der Waals surface area contributed by atoms with Gasteiger partial charge in [0.1, 0.15) is 11.2 Å². The third kappa shape index (κ3) is 8.92. The van der Waals surface area contributed by atoms with Gasteiger partial charge in [0.05, 0.1) is 33.4 Å². The number of rotatable bonds is 10. The summed E-state index contributed by atoms with van der Waals surface area (Å²) in [6.45, 7) is -0.262. The van der Waals surface area contributed by atoms with Gasteiger partial charge in [-0.2, -0.15) is 0 Å². The number of nitrogens with zero attached hydrogens (tertiary/aromatic N) is 4. The van der Waals surface area contributed by atoms with Gasteiger partial charge >= 0.3 is 0 Å². The fourth-order valence-electron chi connectivity index (χ4n) is 17.0. The molecular weight excluding hydrogens is 1240 g/mol. The molecule has 5 heterocycles. The number of hydrogen-bond acceptors (Lipinski definition) is 3. The van der Waals surface area contributed by atoms with E-state index in [1.807, 2.05) is 0 Å². The first-order valence-corrected chi connectivity index (χ1v) is 35.2. The van der Waals surface area contributed by atoms with E-state index in [9.17, 15) is 0 Å². The van der Waals surface area contributed by atoms with Crippen molar-refractivity contribution in [3.63, 3.8) is 0 Å². The first-order chi connectivity index (χ1) is 50.6. The first-order valence-electron chi connectivity index (χ1n) is 35.2. The van der Waals surface area contributed by atoms with E-state index in [1.54, 1.807) is 0 Å². The minimum atomic E-state index is -0.262. The average Bonchev–Trinajstić information content (AvgIpc) is 0.821. The molecule has 5 nitrogen and oxygen atoms in total. The summed E-state index contributed by atoms with van der Waals surface area (Å²) in [5.74, 6) is 0. The number of furan rings is 1. The Morgan fingerprint density at radius 2 is 0.588 bits per heavy atom. The summed E-state index contributed by atoms with van der Waals surface area (Å²) < 4.78 is 11.5. The maximum Gasteiger partial charge on any atom is 0.252 e. The predicted molar refractivity (Wildman–Crippen MR) is 429 cm³/mol. The van der Waals surface area contributed by atoms with E-state index in [0.717, 1.165) is 145 Å². The Morgan fingerprint density at radius 1 is 0.216 bits per heavy atom. The second kappa shape index (κ2) is 23.1. The molecule has 0 radical (unpaired) electrons. The predicted octanol–water partition coefficient (Wildman–Crippen LogP) is 23.9. The lowest BCUT2D eigenvalue weighted by molar-refractivity contribution is 0.669. The number of para-hydroxylation sites is 7. The van der Waals surface area contributed by atoms with Crippen LogP contribution >= 0.6 is 0 Å². The first kappa shape index (κ1) is 57.6. The molecule has 16 aromatic carbocycles. The van der Waals surface area contributed by atoms with Crippen molar-refractivity contribution >= 4 is 123 Å². The van der Waals surface area contributed by atoms with Crippen LogP contribution in [0.2, 0.25) is 0 Å². The Hall–Kier alpha value is -13.4. The van der Waals surface area contributed by atoms with Gasteiger partial charge in [0, 0.05) is 88.7 Å². The molecule has 3 aromatic heterocycles. The molecule has 0 saturated heterocycles. The zero-order chi connectivity index (χ0) is 66.9. The van der Waals surface area contributed by atoms with E-state index in [0.29, 0.717) is 0 Å². The molecule has 0 spiro atoms.